The minimum atomic E-state index is -0.251. The quantitative estimate of drug-likeness (QED) is 0.356. The predicted molar refractivity (Wildman–Crippen MR) is 46.8 cm³/mol. The highest BCUT2D eigenvalue weighted by atomic mass is 16.5. The molecule has 1 saturated heterocycles. The molecule has 0 aromatic rings. The van der Waals surface area contributed by atoms with Crippen LogP contribution in [0.15, 0.2) is 5.11 Å². The van der Waals surface area contributed by atoms with E-state index in [0.717, 1.165) is 26.1 Å². The van der Waals surface area contributed by atoms with Crippen LogP contribution >= 0.6 is 0 Å². The second-order valence-corrected chi connectivity index (χ2v) is 3.73. The van der Waals surface area contributed by atoms with Crippen LogP contribution in [0.4, 0.5) is 0 Å². The van der Waals surface area contributed by atoms with Crippen molar-refractivity contribution in [2.24, 2.45) is 11.0 Å². The van der Waals surface area contributed by atoms with Crippen LogP contribution < -0.4 is 0 Å². The van der Waals surface area contributed by atoms with E-state index in [1.54, 1.807) is 0 Å². The van der Waals surface area contributed by atoms with Crippen molar-refractivity contribution in [1.29, 1.82) is 0 Å². The van der Waals surface area contributed by atoms with Crippen molar-refractivity contribution >= 4 is 0 Å². The molecule has 4 heteroatoms. The number of ether oxygens (including phenoxy) is 1. The summed E-state index contributed by atoms with van der Waals surface area (Å²) in [5.74, 6) is 0.474. The first-order valence-corrected chi connectivity index (χ1v) is 4.31. The van der Waals surface area contributed by atoms with Gasteiger partial charge in [-0.05, 0) is 24.3 Å². The number of nitrogens with zero attached hydrogens (tertiary/aromatic N) is 3. The van der Waals surface area contributed by atoms with E-state index in [2.05, 4.69) is 10.0 Å². The normalized spacial score (nSPS) is 20.2. The first kappa shape index (κ1) is 9.36. The maximum atomic E-state index is 8.36. The van der Waals surface area contributed by atoms with Crippen molar-refractivity contribution in [2.45, 2.75) is 32.2 Å². The van der Waals surface area contributed by atoms with Crippen LogP contribution in [0.3, 0.4) is 0 Å². The molecule has 0 radical (unpaired) electrons. The lowest BCUT2D eigenvalue weighted by molar-refractivity contribution is 0.0455. The Morgan fingerprint density at radius 1 is 1.42 bits per heavy atom. The fourth-order valence-electron chi connectivity index (χ4n) is 1.60. The van der Waals surface area contributed by atoms with Crippen molar-refractivity contribution in [3.05, 3.63) is 10.4 Å². The average Bonchev–Trinajstić information content (AvgIpc) is 2.06. The van der Waals surface area contributed by atoms with Gasteiger partial charge in [0.1, 0.15) is 0 Å². The molecule has 0 aromatic carbocycles. The maximum Gasteiger partial charge on any atom is 0.0468 e. The second kappa shape index (κ2) is 3.78. The van der Waals surface area contributed by atoms with Crippen LogP contribution in [0.1, 0.15) is 26.7 Å². The fraction of sp³-hybridized carbons (Fsp3) is 1.00. The summed E-state index contributed by atoms with van der Waals surface area (Å²) in [4.78, 5) is 2.87. The van der Waals surface area contributed by atoms with Crippen LogP contribution in [0.25, 0.3) is 10.4 Å². The van der Waals surface area contributed by atoms with Gasteiger partial charge in [-0.1, -0.05) is 19.0 Å². The highest BCUT2D eigenvalue weighted by molar-refractivity contribution is 4.87. The van der Waals surface area contributed by atoms with E-state index in [4.69, 9.17) is 10.3 Å². The van der Waals surface area contributed by atoms with Crippen LogP contribution in [0, 0.1) is 5.92 Å². The summed E-state index contributed by atoms with van der Waals surface area (Å²) in [6.45, 7) is 5.58. The van der Waals surface area contributed by atoms with Gasteiger partial charge in [-0.3, -0.25) is 0 Å². The molecule has 1 fully saturated rings. The van der Waals surface area contributed by atoms with Gasteiger partial charge in [0.15, 0.2) is 0 Å². The van der Waals surface area contributed by atoms with Crippen LogP contribution in [-0.4, -0.2) is 18.8 Å². The van der Waals surface area contributed by atoms with E-state index in [9.17, 15) is 0 Å². The smallest absolute Gasteiger partial charge is 0.0468 e. The third kappa shape index (κ3) is 2.13. The lowest BCUT2D eigenvalue weighted by Crippen LogP contribution is -2.33. The predicted octanol–water partition coefficient (Wildman–Crippen LogP) is 2.50. The van der Waals surface area contributed by atoms with E-state index >= 15 is 0 Å². The number of hydrogen-bond acceptors (Lipinski definition) is 2. The SMILES string of the molecule is CC(C)(N=[N+]=[N-])C1CCOCC1. The van der Waals surface area contributed by atoms with Gasteiger partial charge in [0.2, 0.25) is 0 Å². The molecule has 1 aliphatic rings. The van der Waals surface area contributed by atoms with E-state index in [0.29, 0.717) is 5.92 Å². The molecule has 12 heavy (non-hydrogen) atoms. The number of hydrogen-bond donors (Lipinski definition) is 0. The number of azide groups is 1. The molecule has 0 N–H and O–H groups in total. The Hall–Kier alpha value is -0.730. The summed E-state index contributed by atoms with van der Waals surface area (Å²) >= 11 is 0. The van der Waals surface area contributed by atoms with Crippen molar-refractivity contribution in [2.75, 3.05) is 13.2 Å². The Morgan fingerprint density at radius 2 is 2.00 bits per heavy atom. The standard InChI is InChI=1S/C8H15N3O/c1-8(2,10-11-9)7-3-5-12-6-4-7/h7H,3-6H2,1-2H3. The molecule has 0 aromatic heterocycles. The van der Waals surface area contributed by atoms with Crippen molar-refractivity contribution in [3.63, 3.8) is 0 Å². The fourth-order valence-corrected chi connectivity index (χ4v) is 1.60. The zero-order valence-electron chi connectivity index (χ0n) is 7.66. The van der Waals surface area contributed by atoms with Crippen molar-refractivity contribution < 1.29 is 4.74 Å². The molecule has 0 saturated carbocycles. The molecule has 0 bridgehead atoms. The zero-order valence-corrected chi connectivity index (χ0v) is 7.66. The minimum absolute atomic E-state index is 0.251. The number of rotatable bonds is 2. The molecular formula is C8H15N3O. The molecule has 0 unspecified atom stereocenters. The van der Waals surface area contributed by atoms with Crippen molar-refractivity contribution in [1.82, 2.24) is 0 Å². The summed E-state index contributed by atoms with van der Waals surface area (Å²) in [6, 6.07) is 0. The molecule has 4 nitrogen and oxygen atoms in total. The van der Waals surface area contributed by atoms with Crippen molar-refractivity contribution in [3.8, 4) is 0 Å². The lowest BCUT2D eigenvalue weighted by Gasteiger charge is -2.32. The second-order valence-electron chi connectivity index (χ2n) is 3.73. The summed E-state index contributed by atoms with van der Waals surface area (Å²) in [5, 5.41) is 3.81. The third-order valence-electron chi connectivity index (χ3n) is 2.52. The largest absolute Gasteiger partial charge is 0.381 e. The molecular weight excluding hydrogens is 154 g/mol. The molecule has 68 valence electrons. The maximum absolute atomic E-state index is 8.36. The minimum Gasteiger partial charge on any atom is -0.381 e. The van der Waals surface area contributed by atoms with E-state index in [1.807, 2.05) is 13.8 Å². The molecule has 0 aliphatic carbocycles. The molecule has 0 spiro atoms. The van der Waals surface area contributed by atoms with Crippen LogP contribution in [-0.2, 0) is 4.74 Å². The average molecular weight is 169 g/mol. The van der Waals surface area contributed by atoms with Gasteiger partial charge in [0.05, 0.1) is 0 Å². The first-order chi connectivity index (χ1) is 5.67. The van der Waals surface area contributed by atoms with Gasteiger partial charge in [0, 0.05) is 23.7 Å². The van der Waals surface area contributed by atoms with Crippen LogP contribution in [0.2, 0.25) is 0 Å². The monoisotopic (exact) mass is 169 g/mol. The first-order valence-electron chi connectivity index (χ1n) is 4.31. The molecule has 1 heterocycles. The Balaban J connectivity index is 2.59. The molecule has 1 aliphatic heterocycles. The summed E-state index contributed by atoms with van der Waals surface area (Å²) < 4.78 is 5.24. The highest BCUT2D eigenvalue weighted by Gasteiger charge is 2.29. The van der Waals surface area contributed by atoms with Gasteiger partial charge in [0.25, 0.3) is 0 Å². The Bertz CT molecular complexity index is 190. The van der Waals surface area contributed by atoms with Crippen LogP contribution in [0.5, 0.6) is 0 Å². The van der Waals surface area contributed by atoms with Gasteiger partial charge >= 0.3 is 0 Å². The van der Waals surface area contributed by atoms with Gasteiger partial charge < -0.3 is 4.74 Å². The third-order valence-corrected chi connectivity index (χ3v) is 2.52. The summed E-state index contributed by atoms with van der Waals surface area (Å²) in [6.07, 6.45) is 2.01. The van der Waals surface area contributed by atoms with Gasteiger partial charge in [-0.15, -0.1) is 0 Å². The van der Waals surface area contributed by atoms with E-state index < -0.39 is 0 Å². The molecule has 1 rings (SSSR count). The zero-order chi connectivity index (χ0) is 9.03. The Morgan fingerprint density at radius 3 is 2.50 bits per heavy atom. The van der Waals surface area contributed by atoms with E-state index in [-0.39, 0.29) is 5.54 Å². The summed E-state index contributed by atoms with van der Waals surface area (Å²) in [7, 11) is 0. The topological polar surface area (TPSA) is 58.0 Å². The molecule has 0 amide bonds. The lowest BCUT2D eigenvalue weighted by atomic mass is 9.83. The Kier molecular flexibility index (Phi) is 2.95. The van der Waals surface area contributed by atoms with Gasteiger partial charge in [-0.25, -0.2) is 0 Å². The molecule has 0 atom stereocenters. The highest BCUT2D eigenvalue weighted by Crippen LogP contribution is 2.30. The Labute approximate surface area is 72.5 Å². The van der Waals surface area contributed by atoms with Gasteiger partial charge in [-0.2, -0.15) is 0 Å². The summed E-state index contributed by atoms with van der Waals surface area (Å²) in [5.41, 5.74) is 8.11. The van der Waals surface area contributed by atoms with E-state index in [1.165, 1.54) is 0 Å².